The van der Waals surface area contributed by atoms with Gasteiger partial charge >= 0.3 is 224 Å². The molecule has 0 aliphatic carbocycles. The van der Waals surface area contributed by atoms with Crippen LogP contribution in [0.4, 0.5) is 0 Å². The third-order valence-corrected chi connectivity index (χ3v) is 0. The minimum absolute atomic E-state index is 0. The molecule has 0 saturated heterocycles. The quantitative estimate of drug-likeness (QED) is 0.203. The Morgan fingerprint density at radius 3 is 0.276 bits per heavy atom. The summed E-state index contributed by atoms with van der Waals surface area (Å²) in [6.07, 6.45) is 0. The molecule has 0 atom stereocenters. The molecule has 0 fully saturated rings. The van der Waals surface area contributed by atoms with E-state index < -0.39 is 83.7 Å². The maximum absolute atomic E-state index is 8.63. The van der Waals surface area contributed by atoms with Gasteiger partial charge in [-0.3, -0.25) is 0 Å². The maximum atomic E-state index is 8.63. The zero-order chi connectivity index (χ0) is 22.5. The Morgan fingerprint density at radius 2 is 0.276 bits per heavy atom. The van der Waals surface area contributed by atoms with Crippen LogP contribution in [-0.4, -0.2) is 0 Å². The third-order valence-electron chi connectivity index (χ3n) is 0. The fourth-order valence-corrected chi connectivity index (χ4v) is 0. The van der Waals surface area contributed by atoms with Gasteiger partial charge in [0.25, 0.3) is 0 Å². The van der Waals surface area contributed by atoms with E-state index in [1.165, 1.54) is 0 Å². The average Bonchev–Trinajstić information content (AvgIpc) is 1.79. The first-order chi connectivity index (χ1) is 10.0. The second-order valence-corrected chi connectivity index (χ2v) is 12.1. The van der Waals surface area contributed by atoms with Crippen LogP contribution in [0, 0.1) is 0 Å². The van der Waals surface area contributed by atoms with E-state index in [4.69, 9.17) is 71.6 Å². The molecule has 0 aromatic rings. The summed E-state index contributed by atoms with van der Waals surface area (Å²) in [5, 5.41) is 0. The first-order valence-corrected chi connectivity index (χ1v) is 19.7. The molecule has 29 heteroatoms. The van der Waals surface area contributed by atoms with Crippen molar-refractivity contribution in [3.8, 4) is 0 Å². The fraction of sp³-hybridized carbons (Fsp3) is 0. The van der Waals surface area contributed by atoms with Crippen molar-refractivity contribution in [1.82, 2.24) is 0 Å². The molecule has 0 saturated carbocycles. The van der Waals surface area contributed by atoms with Gasteiger partial charge in [-0.05, 0) is 0 Å². The predicted octanol–water partition coefficient (Wildman–Crippen LogP) is -13.1. The van der Waals surface area contributed by atoms with Crippen LogP contribution in [0.3, 0.4) is 0 Å². The van der Waals surface area contributed by atoms with Crippen LogP contribution in [0.2, 0.25) is 0 Å². The molecule has 0 aliphatic rings. The Labute approximate surface area is 220 Å². The van der Waals surface area contributed by atoms with Crippen LogP contribution >= 0.6 is 0 Å². The Bertz CT molecular complexity index is 625. The molecular weight excluding hydrogens is 1020 g/mol. The van der Waals surface area contributed by atoms with Crippen LogP contribution in [0.5, 0.6) is 0 Å². The average molecular weight is 1020 g/mol. The van der Waals surface area contributed by atoms with Gasteiger partial charge in [0.2, 0.25) is 0 Å². The SMILES string of the molecule is [Fe+2].[Fe+2].[Fe+3].[Fe+3].[O]=[Mo](=[O])([O-])[O-].[O]=[Mo](=[O])([O-])[O-].[O]=[Mo](=[O])([O-])[O-].[O]=[Mo](=[O])([O-])[O-].[O]=[Mo](=[O])([O-])[O-]. The van der Waals surface area contributed by atoms with Gasteiger partial charge < -0.3 is 0 Å². The Morgan fingerprint density at radius 1 is 0.276 bits per heavy atom. The summed E-state index contributed by atoms with van der Waals surface area (Å²) >= 11 is -30.1. The van der Waals surface area contributed by atoms with E-state index >= 15 is 0 Å². The van der Waals surface area contributed by atoms with Crippen molar-refractivity contribution in [2.24, 2.45) is 0 Å². The van der Waals surface area contributed by atoms with Crippen molar-refractivity contribution >= 4 is 0 Å². The minimum atomic E-state index is -6.02. The monoisotopic (exact) mass is 1030 g/mol. The molecule has 20 nitrogen and oxygen atoms in total. The summed E-state index contributed by atoms with van der Waals surface area (Å²) in [5.74, 6) is 0. The van der Waals surface area contributed by atoms with Crippen molar-refractivity contribution in [2.75, 3.05) is 0 Å². The van der Waals surface area contributed by atoms with Gasteiger partial charge in [-0.1, -0.05) is 0 Å². The molecule has 0 bridgehead atoms. The van der Waals surface area contributed by atoms with E-state index in [0.29, 0.717) is 0 Å². The summed E-state index contributed by atoms with van der Waals surface area (Å²) in [6, 6.07) is 0. The van der Waals surface area contributed by atoms with Crippen LogP contribution < -0.4 is 37.6 Å². The summed E-state index contributed by atoms with van der Waals surface area (Å²) in [4.78, 5) is 0. The summed E-state index contributed by atoms with van der Waals surface area (Å²) in [5.41, 5.74) is 0. The van der Waals surface area contributed by atoms with Crippen molar-refractivity contribution in [3.05, 3.63) is 0 Å². The van der Waals surface area contributed by atoms with Gasteiger partial charge in [0.1, 0.15) is 0 Å². The van der Waals surface area contributed by atoms with E-state index in [2.05, 4.69) is 0 Å². The van der Waals surface area contributed by atoms with Crippen molar-refractivity contribution < 1.29 is 224 Å². The summed E-state index contributed by atoms with van der Waals surface area (Å²) < 4.78 is 173. The number of hydrogen-bond acceptors (Lipinski definition) is 20. The van der Waals surface area contributed by atoms with Crippen molar-refractivity contribution in [2.45, 2.75) is 0 Å². The zero-order valence-corrected chi connectivity index (χ0v) is 26.1. The van der Waals surface area contributed by atoms with Gasteiger partial charge in [-0.25, -0.2) is 0 Å². The van der Waals surface area contributed by atoms with Gasteiger partial charge in [0.15, 0.2) is 0 Å². The first-order valence-electron chi connectivity index (χ1n) is 3.33. The normalized spacial score (nSPS) is 10.0. The topological polar surface area (TPSA) is 401 Å². The molecule has 2 radical (unpaired) electrons. The van der Waals surface area contributed by atoms with E-state index in [-0.39, 0.29) is 68.3 Å². The number of rotatable bonds is 0. The van der Waals surface area contributed by atoms with E-state index in [0.717, 1.165) is 0 Å². The standard InChI is InChI=1S/4Fe.5Mo.20O/q2*+2;2*+3;;;;;;;;;;;;;;;;10*-1. The molecular formula is Fe4Mo5O20. The van der Waals surface area contributed by atoms with Gasteiger partial charge in [0.05, 0.1) is 0 Å². The Kier molecular flexibility index (Phi) is 51.6. The summed E-state index contributed by atoms with van der Waals surface area (Å²) in [7, 11) is 0. The van der Waals surface area contributed by atoms with Crippen molar-refractivity contribution in [3.63, 3.8) is 0 Å². The molecule has 0 rings (SSSR count). The molecule has 0 spiro atoms. The van der Waals surface area contributed by atoms with Crippen LogP contribution in [0.25, 0.3) is 0 Å². The predicted molar refractivity (Wildman–Crippen MR) is 6.86 cm³/mol. The second-order valence-electron chi connectivity index (χ2n) is 2.04. The van der Waals surface area contributed by atoms with E-state index in [9.17, 15) is 0 Å². The molecule has 0 amide bonds. The van der Waals surface area contributed by atoms with Crippen LogP contribution in [0.1, 0.15) is 0 Å². The van der Waals surface area contributed by atoms with Crippen LogP contribution in [-0.2, 0) is 186 Å². The number of hydrogen-bond donors (Lipinski definition) is 0. The molecule has 0 unspecified atom stereocenters. The molecule has 0 N–H and O–H groups in total. The second kappa shape index (κ2) is 25.7. The Hall–Kier alpha value is 3.12. The zero-order valence-electron chi connectivity index (χ0n) is 11.6. The molecule has 29 heavy (non-hydrogen) atoms. The Balaban J connectivity index is -0.0000000238. The summed E-state index contributed by atoms with van der Waals surface area (Å²) in [6.45, 7) is 0. The molecule has 0 aliphatic heterocycles. The molecule has 0 aromatic heterocycles. The van der Waals surface area contributed by atoms with E-state index in [1.54, 1.807) is 0 Å². The van der Waals surface area contributed by atoms with Gasteiger partial charge in [-0.15, -0.1) is 0 Å². The fourth-order valence-electron chi connectivity index (χ4n) is 0. The van der Waals surface area contributed by atoms with Crippen LogP contribution in [0.15, 0.2) is 0 Å². The van der Waals surface area contributed by atoms with E-state index in [1.807, 2.05) is 0 Å². The molecule has 0 aromatic carbocycles. The van der Waals surface area contributed by atoms with Gasteiger partial charge in [-0.2, -0.15) is 0 Å². The van der Waals surface area contributed by atoms with Gasteiger partial charge in [0, 0.05) is 0 Å². The molecule has 182 valence electrons. The first kappa shape index (κ1) is 58.2. The molecule has 0 heterocycles. The van der Waals surface area contributed by atoms with Crippen molar-refractivity contribution in [1.29, 1.82) is 0 Å². The third kappa shape index (κ3) is 2710.